The van der Waals surface area contributed by atoms with Crippen LogP contribution in [0.5, 0.6) is 0 Å². The second-order valence-corrected chi connectivity index (χ2v) is 5.25. The first kappa shape index (κ1) is 12.9. The predicted molar refractivity (Wildman–Crippen MR) is 71.4 cm³/mol. The Kier molecular flexibility index (Phi) is 3.10. The second-order valence-electron chi connectivity index (χ2n) is 5.25. The highest BCUT2D eigenvalue weighted by Gasteiger charge is 2.42. The summed E-state index contributed by atoms with van der Waals surface area (Å²) in [5, 5.41) is 22.0. The number of amides is 1. The molecule has 1 amide bonds. The van der Waals surface area contributed by atoms with Crippen LogP contribution in [-0.2, 0) is 9.59 Å². The maximum Gasteiger partial charge on any atom is 0.326 e. The molecule has 6 nitrogen and oxygen atoms in total. The van der Waals surface area contributed by atoms with Gasteiger partial charge in [-0.05, 0) is 11.6 Å². The van der Waals surface area contributed by atoms with Gasteiger partial charge in [0.1, 0.15) is 6.04 Å². The topological polar surface area (TPSA) is 89.9 Å². The Morgan fingerprint density at radius 3 is 2.80 bits per heavy atom. The van der Waals surface area contributed by atoms with Gasteiger partial charge in [-0.1, -0.05) is 18.2 Å². The molecule has 2 heterocycles. The van der Waals surface area contributed by atoms with Crippen molar-refractivity contribution in [3.63, 3.8) is 0 Å². The van der Waals surface area contributed by atoms with E-state index in [0.29, 0.717) is 6.54 Å². The lowest BCUT2D eigenvalue weighted by molar-refractivity contribution is -0.148. The Morgan fingerprint density at radius 1 is 1.30 bits per heavy atom. The molecule has 106 valence electrons. The molecule has 0 saturated carbocycles. The molecule has 3 N–H and O–H groups in total. The van der Waals surface area contributed by atoms with Gasteiger partial charge >= 0.3 is 5.97 Å². The van der Waals surface area contributed by atoms with Crippen LogP contribution in [0.2, 0.25) is 0 Å². The van der Waals surface area contributed by atoms with E-state index in [1.165, 1.54) is 4.90 Å². The van der Waals surface area contributed by atoms with Gasteiger partial charge in [-0.15, -0.1) is 0 Å². The number of anilines is 1. The van der Waals surface area contributed by atoms with Crippen molar-refractivity contribution in [2.75, 3.05) is 18.4 Å². The summed E-state index contributed by atoms with van der Waals surface area (Å²) in [6, 6.07) is 6.60. The zero-order chi connectivity index (χ0) is 14.3. The fourth-order valence-corrected chi connectivity index (χ4v) is 3.00. The van der Waals surface area contributed by atoms with Gasteiger partial charge < -0.3 is 20.4 Å². The Labute approximate surface area is 116 Å². The van der Waals surface area contributed by atoms with E-state index < -0.39 is 18.1 Å². The lowest BCUT2D eigenvalue weighted by atomic mass is 9.99. The van der Waals surface area contributed by atoms with Crippen LogP contribution in [0.4, 0.5) is 5.69 Å². The zero-order valence-electron chi connectivity index (χ0n) is 10.8. The van der Waals surface area contributed by atoms with E-state index in [1.54, 1.807) is 0 Å². The molecular weight excluding hydrogens is 260 g/mol. The minimum atomic E-state index is -1.06. The summed E-state index contributed by atoms with van der Waals surface area (Å²) in [5.41, 5.74) is 1.81. The molecule has 20 heavy (non-hydrogen) atoms. The van der Waals surface area contributed by atoms with Crippen molar-refractivity contribution >= 4 is 17.6 Å². The third-order valence-electron chi connectivity index (χ3n) is 3.98. The fourth-order valence-electron chi connectivity index (χ4n) is 3.00. The molecule has 3 rings (SSSR count). The van der Waals surface area contributed by atoms with Gasteiger partial charge in [-0.3, -0.25) is 4.79 Å². The van der Waals surface area contributed by atoms with Crippen molar-refractivity contribution in [1.29, 1.82) is 0 Å². The highest BCUT2D eigenvalue weighted by molar-refractivity contribution is 5.91. The normalized spacial score (nSPS) is 28.1. The molecular formula is C14H16N2O4. The maximum absolute atomic E-state index is 12.6. The van der Waals surface area contributed by atoms with Gasteiger partial charge in [-0.25, -0.2) is 4.79 Å². The molecule has 1 aromatic carbocycles. The van der Waals surface area contributed by atoms with Crippen molar-refractivity contribution in [1.82, 2.24) is 4.90 Å². The molecule has 0 aromatic heterocycles. The SMILES string of the molecule is O=C(O)[C@@H]1C[C@H](O)CN1C(=O)C1CNc2ccccc21. The van der Waals surface area contributed by atoms with Crippen LogP contribution in [0, 0.1) is 0 Å². The van der Waals surface area contributed by atoms with Crippen LogP contribution in [0.15, 0.2) is 24.3 Å². The Hall–Kier alpha value is -2.08. The first-order valence-corrected chi connectivity index (χ1v) is 6.62. The average molecular weight is 276 g/mol. The first-order valence-electron chi connectivity index (χ1n) is 6.62. The van der Waals surface area contributed by atoms with Crippen LogP contribution < -0.4 is 5.32 Å². The van der Waals surface area contributed by atoms with E-state index >= 15 is 0 Å². The van der Waals surface area contributed by atoms with Gasteiger partial charge in [0.25, 0.3) is 0 Å². The minimum absolute atomic E-state index is 0.0917. The monoisotopic (exact) mass is 276 g/mol. The number of likely N-dealkylation sites (tertiary alicyclic amines) is 1. The molecule has 0 aliphatic carbocycles. The number of nitrogens with one attached hydrogen (secondary N) is 1. The summed E-state index contributed by atoms with van der Waals surface area (Å²) in [4.78, 5) is 25.1. The number of fused-ring (bicyclic) bond motifs is 1. The average Bonchev–Trinajstić information content (AvgIpc) is 3.01. The summed E-state index contributed by atoms with van der Waals surface area (Å²) in [7, 11) is 0. The van der Waals surface area contributed by atoms with Gasteiger partial charge in [0.05, 0.1) is 12.0 Å². The Bertz CT molecular complexity index is 560. The van der Waals surface area contributed by atoms with E-state index in [1.807, 2.05) is 24.3 Å². The van der Waals surface area contributed by atoms with Gasteiger partial charge in [0.15, 0.2) is 0 Å². The molecule has 1 unspecified atom stereocenters. The standard InChI is InChI=1S/C14H16N2O4/c17-8-5-12(14(19)20)16(7-8)13(18)10-6-15-11-4-2-1-3-9(10)11/h1-4,8,10,12,15,17H,5-7H2,(H,19,20)/t8-,10?,12-/m0/s1. The number of aliphatic hydroxyl groups excluding tert-OH is 1. The highest BCUT2D eigenvalue weighted by Crippen LogP contribution is 2.34. The molecule has 2 aliphatic heterocycles. The van der Waals surface area contributed by atoms with Crippen molar-refractivity contribution < 1.29 is 19.8 Å². The number of hydrogen-bond acceptors (Lipinski definition) is 4. The van der Waals surface area contributed by atoms with Crippen LogP contribution in [0.25, 0.3) is 0 Å². The lowest BCUT2D eigenvalue weighted by Crippen LogP contribution is -2.43. The molecule has 6 heteroatoms. The van der Waals surface area contributed by atoms with Gasteiger partial charge in [-0.2, -0.15) is 0 Å². The van der Waals surface area contributed by atoms with Crippen LogP contribution in [-0.4, -0.2) is 52.2 Å². The van der Waals surface area contributed by atoms with Crippen LogP contribution in [0.1, 0.15) is 17.9 Å². The summed E-state index contributed by atoms with van der Waals surface area (Å²) in [5.74, 6) is -1.67. The van der Waals surface area contributed by atoms with E-state index in [0.717, 1.165) is 11.3 Å². The Morgan fingerprint density at radius 2 is 2.05 bits per heavy atom. The van der Waals surface area contributed by atoms with Crippen molar-refractivity contribution in [3.05, 3.63) is 29.8 Å². The third-order valence-corrected chi connectivity index (χ3v) is 3.98. The van der Waals surface area contributed by atoms with Crippen LogP contribution >= 0.6 is 0 Å². The molecule has 1 aromatic rings. The number of benzene rings is 1. The smallest absolute Gasteiger partial charge is 0.326 e. The molecule has 0 bridgehead atoms. The molecule has 0 radical (unpaired) electrons. The maximum atomic E-state index is 12.6. The largest absolute Gasteiger partial charge is 0.480 e. The number of para-hydroxylation sites is 1. The van der Waals surface area contributed by atoms with Crippen LogP contribution in [0.3, 0.4) is 0 Å². The molecule has 2 aliphatic rings. The predicted octanol–water partition coefficient (Wildman–Crippen LogP) is 0.242. The van der Waals surface area contributed by atoms with Crippen molar-refractivity contribution in [2.45, 2.75) is 24.5 Å². The summed E-state index contributed by atoms with van der Waals surface area (Å²) < 4.78 is 0. The van der Waals surface area contributed by atoms with Gasteiger partial charge in [0, 0.05) is 25.2 Å². The van der Waals surface area contributed by atoms with Crippen molar-refractivity contribution in [2.24, 2.45) is 0 Å². The van der Waals surface area contributed by atoms with Gasteiger partial charge in [0.2, 0.25) is 5.91 Å². The van der Waals surface area contributed by atoms with Crippen molar-refractivity contribution in [3.8, 4) is 0 Å². The van der Waals surface area contributed by atoms with E-state index in [-0.39, 0.29) is 24.8 Å². The minimum Gasteiger partial charge on any atom is -0.480 e. The fraction of sp³-hybridized carbons (Fsp3) is 0.429. The highest BCUT2D eigenvalue weighted by atomic mass is 16.4. The van der Waals surface area contributed by atoms with E-state index in [9.17, 15) is 14.7 Å². The molecule has 3 atom stereocenters. The quantitative estimate of drug-likeness (QED) is 0.720. The number of nitrogens with zero attached hydrogens (tertiary/aromatic N) is 1. The number of aliphatic hydroxyl groups is 1. The zero-order valence-corrected chi connectivity index (χ0v) is 10.8. The number of aliphatic carboxylic acids is 1. The molecule has 1 saturated heterocycles. The number of carboxylic acids is 1. The number of carbonyl (C=O) groups is 2. The third kappa shape index (κ3) is 2.02. The summed E-state index contributed by atoms with van der Waals surface area (Å²) in [6.07, 6.45) is -0.660. The summed E-state index contributed by atoms with van der Waals surface area (Å²) >= 11 is 0. The van der Waals surface area contributed by atoms with E-state index in [4.69, 9.17) is 5.11 Å². The number of carbonyl (C=O) groups excluding carboxylic acids is 1. The number of hydrogen-bond donors (Lipinski definition) is 3. The number of carboxylic acid groups (broad SMARTS) is 1. The summed E-state index contributed by atoms with van der Waals surface area (Å²) in [6.45, 7) is 0.561. The Balaban J connectivity index is 1.85. The first-order chi connectivity index (χ1) is 9.58. The number of rotatable bonds is 2. The number of β-amino-alcohol motifs (C(OH)–C–C–N with tert-alkyl or cyclic N) is 1. The molecule has 1 fully saturated rings. The lowest BCUT2D eigenvalue weighted by Gasteiger charge is -2.24. The molecule has 0 spiro atoms. The second kappa shape index (κ2) is 4.79. The van der Waals surface area contributed by atoms with E-state index in [2.05, 4.69) is 5.32 Å².